The number of urea groups is 1. The minimum atomic E-state index is -0.699. The number of aryl methyl sites for hydroxylation is 1. The molecule has 0 spiro atoms. The average molecular weight is 402 g/mol. The summed E-state index contributed by atoms with van der Waals surface area (Å²) in [6, 6.07) is 22.1. The first-order chi connectivity index (χ1) is 14.7. The lowest BCUT2D eigenvalue weighted by Crippen LogP contribution is -2.49. The first kappa shape index (κ1) is 21.0. The van der Waals surface area contributed by atoms with Crippen molar-refractivity contribution in [2.45, 2.75) is 25.3 Å². The molecule has 0 fully saturated rings. The van der Waals surface area contributed by atoms with Gasteiger partial charge in [0.05, 0.1) is 0 Å². The summed E-state index contributed by atoms with van der Waals surface area (Å²) >= 11 is 0. The number of anilines is 1. The zero-order valence-corrected chi connectivity index (χ0v) is 16.8. The molecule has 0 unspecified atom stereocenters. The summed E-state index contributed by atoms with van der Waals surface area (Å²) in [7, 11) is 0. The summed E-state index contributed by atoms with van der Waals surface area (Å²) in [6.45, 7) is 0.532. The van der Waals surface area contributed by atoms with Crippen molar-refractivity contribution in [3.8, 4) is 0 Å². The van der Waals surface area contributed by atoms with E-state index < -0.39 is 6.04 Å². The highest BCUT2D eigenvalue weighted by molar-refractivity contribution is 5.97. The molecule has 0 saturated carbocycles. The normalized spacial score (nSPS) is 11.3. The third kappa shape index (κ3) is 7.05. The maximum absolute atomic E-state index is 12.8. The van der Waals surface area contributed by atoms with Crippen molar-refractivity contribution in [3.63, 3.8) is 0 Å². The predicted molar refractivity (Wildman–Crippen MR) is 118 cm³/mol. The second kappa shape index (κ2) is 11.4. The number of amides is 3. The molecule has 1 aromatic heterocycles. The van der Waals surface area contributed by atoms with Crippen molar-refractivity contribution < 1.29 is 9.59 Å². The van der Waals surface area contributed by atoms with Crippen molar-refractivity contribution in [2.75, 3.05) is 11.9 Å². The highest BCUT2D eigenvalue weighted by atomic mass is 16.2. The van der Waals surface area contributed by atoms with Gasteiger partial charge >= 0.3 is 6.03 Å². The molecule has 2 aromatic carbocycles. The van der Waals surface area contributed by atoms with Crippen LogP contribution in [0.15, 0.2) is 85.2 Å². The van der Waals surface area contributed by atoms with Gasteiger partial charge < -0.3 is 16.0 Å². The van der Waals surface area contributed by atoms with Gasteiger partial charge in [0.25, 0.3) is 0 Å². The molecule has 154 valence electrons. The quantitative estimate of drug-likeness (QED) is 0.479. The number of carbonyl (C=O) groups is 2. The zero-order chi connectivity index (χ0) is 21.0. The van der Waals surface area contributed by atoms with Crippen LogP contribution < -0.4 is 16.0 Å². The maximum atomic E-state index is 12.8. The van der Waals surface area contributed by atoms with Crippen LogP contribution in [-0.4, -0.2) is 29.5 Å². The molecule has 0 saturated heterocycles. The Bertz CT molecular complexity index is 918. The minimum Gasteiger partial charge on any atom is -0.338 e. The van der Waals surface area contributed by atoms with E-state index >= 15 is 0 Å². The summed E-state index contributed by atoms with van der Waals surface area (Å²) in [4.78, 5) is 29.1. The largest absolute Gasteiger partial charge is 0.338 e. The number of benzene rings is 2. The van der Waals surface area contributed by atoms with Crippen LogP contribution in [0.5, 0.6) is 0 Å². The van der Waals surface area contributed by atoms with E-state index in [1.165, 1.54) is 5.56 Å². The average Bonchev–Trinajstić information content (AvgIpc) is 2.78. The van der Waals surface area contributed by atoms with Gasteiger partial charge in [-0.2, -0.15) is 0 Å². The van der Waals surface area contributed by atoms with Gasteiger partial charge in [0.15, 0.2) is 0 Å². The SMILES string of the molecule is O=C(NCCCc1ccccc1)N[C@@H](Cc1ccccc1)C(=O)Nc1ccncc1. The number of nitrogens with one attached hydrogen (secondary N) is 3. The van der Waals surface area contributed by atoms with Crippen molar-refractivity contribution in [1.29, 1.82) is 0 Å². The Balaban J connectivity index is 1.54. The maximum Gasteiger partial charge on any atom is 0.315 e. The Morgan fingerprint density at radius 1 is 0.833 bits per heavy atom. The predicted octanol–water partition coefficient (Wildman–Crippen LogP) is 3.56. The van der Waals surface area contributed by atoms with Gasteiger partial charge in [0, 0.05) is 31.0 Å². The van der Waals surface area contributed by atoms with Crippen LogP contribution >= 0.6 is 0 Å². The molecule has 1 heterocycles. The van der Waals surface area contributed by atoms with E-state index in [9.17, 15) is 9.59 Å². The van der Waals surface area contributed by atoms with Crippen molar-refractivity contribution in [3.05, 3.63) is 96.3 Å². The molecule has 6 nitrogen and oxygen atoms in total. The molecule has 3 aromatic rings. The first-order valence-electron chi connectivity index (χ1n) is 10.0. The van der Waals surface area contributed by atoms with Gasteiger partial charge in [-0.25, -0.2) is 4.79 Å². The first-order valence-corrected chi connectivity index (χ1v) is 10.0. The standard InChI is InChI=1S/C24H26N4O2/c29-23(27-21-13-16-25-17-14-21)22(18-20-10-5-2-6-11-20)28-24(30)26-15-7-12-19-8-3-1-4-9-19/h1-6,8-11,13-14,16-17,22H,7,12,15,18H2,(H,25,27,29)(H2,26,28,30)/t22-/m0/s1. The smallest absolute Gasteiger partial charge is 0.315 e. The molecule has 3 amide bonds. The molecule has 0 bridgehead atoms. The monoisotopic (exact) mass is 402 g/mol. The Labute approximate surface area is 176 Å². The van der Waals surface area contributed by atoms with E-state index in [4.69, 9.17) is 0 Å². The second-order valence-electron chi connectivity index (χ2n) is 6.96. The Morgan fingerprint density at radius 2 is 1.47 bits per heavy atom. The van der Waals surface area contributed by atoms with Crippen molar-refractivity contribution in [2.24, 2.45) is 0 Å². The number of nitrogens with zero attached hydrogens (tertiary/aromatic N) is 1. The lowest BCUT2D eigenvalue weighted by Gasteiger charge is -2.19. The molecule has 0 radical (unpaired) electrons. The molecule has 3 N–H and O–H groups in total. The fourth-order valence-corrected chi connectivity index (χ4v) is 3.07. The van der Waals surface area contributed by atoms with Crippen LogP contribution in [0.3, 0.4) is 0 Å². The molecular weight excluding hydrogens is 376 g/mol. The Morgan fingerprint density at radius 3 is 2.13 bits per heavy atom. The van der Waals surface area contributed by atoms with E-state index in [0.717, 1.165) is 18.4 Å². The third-order valence-corrected chi connectivity index (χ3v) is 4.62. The number of pyridine rings is 1. The summed E-state index contributed by atoms with van der Waals surface area (Å²) in [5.74, 6) is -0.274. The van der Waals surface area contributed by atoms with E-state index in [0.29, 0.717) is 18.7 Å². The van der Waals surface area contributed by atoms with Gasteiger partial charge in [-0.15, -0.1) is 0 Å². The van der Waals surface area contributed by atoms with Gasteiger partial charge in [-0.05, 0) is 36.1 Å². The van der Waals surface area contributed by atoms with Crippen LogP contribution in [0.2, 0.25) is 0 Å². The molecule has 1 atom stereocenters. The van der Waals surface area contributed by atoms with Crippen LogP contribution in [-0.2, 0) is 17.6 Å². The van der Waals surface area contributed by atoms with Gasteiger partial charge in [-0.3, -0.25) is 9.78 Å². The van der Waals surface area contributed by atoms with Crippen LogP contribution in [0, 0.1) is 0 Å². The van der Waals surface area contributed by atoms with E-state index in [-0.39, 0.29) is 11.9 Å². The Hall–Kier alpha value is -3.67. The summed E-state index contributed by atoms with van der Waals surface area (Å²) in [5.41, 5.74) is 2.84. The fourth-order valence-electron chi connectivity index (χ4n) is 3.07. The lowest BCUT2D eigenvalue weighted by atomic mass is 10.1. The van der Waals surface area contributed by atoms with Crippen LogP contribution in [0.4, 0.5) is 10.5 Å². The van der Waals surface area contributed by atoms with Gasteiger partial charge in [0.2, 0.25) is 5.91 Å². The molecule has 0 aliphatic carbocycles. The number of hydrogen-bond acceptors (Lipinski definition) is 3. The number of rotatable bonds is 9. The van der Waals surface area contributed by atoms with Gasteiger partial charge in [0.1, 0.15) is 6.04 Å². The molecule has 0 aliphatic rings. The van der Waals surface area contributed by atoms with E-state index in [1.807, 2.05) is 48.5 Å². The van der Waals surface area contributed by atoms with Crippen molar-refractivity contribution in [1.82, 2.24) is 15.6 Å². The van der Waals surface area contributed by atoms with Crippen molar-refractivity contribution >= 4 is 17.6 Å². The summed E-state index contributed by atoms with van der Waals surface area (Å²) < 4.78 is 0. The minimum absolute atomic E-state index is 0.274. The zero-order valence-electron chi connectivity index (χ0n) is 16.8. The Kier molecular flexibility index (Phi) is 7.97. The van der Waals surface area contributed by atoms with Crippen LogP contribution in [0.25, 0.3) is 0 Å². The third-order valence-electron chi connectivity index (χ3n) is 4.62. The van der Waals surface area contributed by atoms with E-state index in [2.05, 4.69) is 33.1 Å². The summed E-state index contributed by atoms with van der Waals surface area (Å²) in [5, 5.41) is 8.49. The van der Waals surface area contributed by atoms with Gasteiger partial charge in [-0.1, -0.05) is 60.7 Å². The topological polar surface area (TPSA) is 83.1 Å². The molecule has 3 rings (SSSR count). The highest BCUT2D eigenvalue weighted by Crippen LogP contribution is 2.08. The molecule has 30 heavy (non-hydrogen) atoms. The highest BCUT2D eigenvalue weighted by Gasteiger charge is 2.21. The van der Waals surface area contributed by atoms with E-state index in [1.54, 1.807) is 24.5 Å². The summed E-state index contributed by atoms with van der Waals surface area (Å²) in [6.07, 6.45) is 5.32. The number of hydrogen-bond donors (Lipinski definition) is 3. The number of aromatic nitrogens is 1. The molecule has 6 heteroatoms. The molecule has 0 aliphatic heterocycles. The second-order valence-corrected chi connectivity index (χ2v) is 6.96. The molecular formula is C24H26N4O2. The van der Waals surface area contributed by atoms with Crippen LogP contribution in [0.1, 0.15) is 17.5 Å². The fraction of sp³-hybridized carbons (Fsp3) is 0.208. The number of carbonyl (C=O) groups excluding carboxylic acids is 2. The lowest BCUT2D eigenvalue weighted by molar-refractivity contribution is -0.117.